The first kappa shape index (κ1) is 13.8. The summed E-state index contributed by atoms with van der Waals surface area (Å²) in [5.41, 5.74) is 1.38. The predicted octanol–water partition coefficient (Wildman–Crippen LogP) is 0.845. The average Bonchev–Trinajstić information content (AvgIpc) is 2.46. The number of nitriles is 1. The Bertz CT molecular complexity index is 526. The van der Waals surface area contributed by atoms with Gasteiger partial charge in [0.2, 0.25) is 5.91 Å². The zero-order chi connectivity index (χ0) is 13.8. The fourth-order valence-corrected chi connectivity index (χ4v) is 2.58. The summed E-state index contributed by atoms with van der Waals surface area (Å²) in [6, 6.07) is 7.38. The van der Waals surface area contributed by atoms with Gasteiger partial charge in [0, 0.05) is 31.2 Å². The molecule has 0 bridgehead atoms. The molecule has 1 unspecified atom stereocenters. The van der Waals surface area contributed by atoms with Crippen molar-refractivity contribution in [3.05, 3.63) is 28.2 Å². The number of nitrogens with zero attached hydrogens (tertiary/aromatic N) is 2. The van der Waals surface area contributed by atoms with Gasteiger partial charge in [-0.2, -0.15) is 5.26 Å². The Labute approximate surface area is 120 Å². The lowest BCUT2D eigenvalue weighted by molar-refractivity contribution is -0.122. The van der Waals surface area contributed by atoms with Crippen LogP contribution in [0.2, 0.25) is 0 Å². The molecule has 1 aliphatic rings. The molecule has 0 aliphatic carbocycles. The molecule has 2 rings (SSSR count). The molecule has 1 aliphatic heterocycles. The summed E-state index contributed by atoms with van der Waals surface area (Å²) in [5, 5.41) is 15.1. The summed E-state index contributed by atoms with van der Waals surface area (Å²) in [7, 11) is 1.63. The highest BCUT2D eigenvalue weighted by Crippen LogP contribution is 2.27. The Hall–Kier alpha value is -1.58. The van der Waals surface area contributed by atoms with E-state index in [9.17, 15) is 10.1 Å². The standard InChI is InChI=1S/C13H15BrN4O/c1-16-13(19)12-8-17-4-5-18(12)11-6-10(14)3-2-9(11)7-15/h2-3,6,12,17H,4-5,8H2,1H3,(H,16,19). The third-order valence-electron chi connectivity index (χ3n) is 3.18. The SMILES string of the molecule is CNC(=O)C1CNCCN1c1cc(Br)ccc1C#N. The van der Waals surface area contributed by atoms with Crippen LogP contribution in [0.3, 0.4) is 0 Å². The number of halogens is 1. The van der Waals surface area contributed by atoms with Gasteiger partial charge in [-0.1, -0.05) is 15.9 Å². The zero-order valence-electron chi connectivity index (χ0n) is 10.6. The minimum atomic E-state index is -0.292. The van der Waals surface area contributed by atoms with E-state index in [2.05, 4.69) is 32.6 Å². The number of hydrogen-bond acceptors (Lipinski definition) is 4. The molecule has 0 radical (unpaired) electrons. The van der Waals surface area contributed by atoms with E-state index >= 15 is 0 Å². The van der Waals surface area contributed by atoms with Crippen LogP contribution in [0.15, 0.2) is 22.7 Å². The Balaban J connectivity index is 2.40. The van der Waals surface area contributed by atoms with Crippen molar-refractivity contribution in [3.8, 4) is 6.07 Å². The van der Waals surface area contributed by atoms with E-state index in [1.807, 2.05) is 17.0 Å². The number of carbonyl (C=O) groups excluding carboxylic acids is 1. The second kappa shape index (κ2) is 6.04. The van der Waals surface area contributed by atoms with Crippen molar-refractivity contribution in [2.45, 2.75) is 6.04 Å². The lowest BCUT2D eigenvalue weighted by Gasteiger charge is -2.37. The van der Waals surface area contributed by atoms with E-state index in [4.69, 9.17) is 0 Å². The zero-order valence-corrected chi connectivity index (χ0v) is 12.2. The highest BCUT2D eigenvalue weighted by Gasteiger charge is 2.29. The average molecular weight is 323 g/mol. The summed E-state index contributed by atoms with van der Waals surface area (Å²) in [5.74, 6) is -0.0453. The van der Waals surface area contributed by atoms with Crippen molar-refractivity contribution in [1.29, 1.82) is 5.26 Å². The van der Waals surface area contributed by atoms with Gasteiger partial charge in [0.15, 0.2) is 0 Å². The van der Waals surface area contributed by atoms with E-state index in [1.54, 1.807) is 13.1 Å². The van der Waals surface area contributed by atoms with E-state index in [-0.39, 0.29) is 11.9 Å². The maximum absolute atomic E-state index is 11.9. The van der Waals surface area contributed by atoms with Gasteiger partial charge in [0.05, 0.1) is 11.3 Å². The second-order valence-electron chi connectivity index (χ2n) is 4.30. The molecular formula is C13H15BrN4O. The Kier molecular flexibility index (Phi) is 4.40. The lowest BCUT2D eigenvalue weighted by Crippen LogP contribution is -2.57. The molecule has 6 heteroatoms. The first-order chi connectivity index (χ1) is 9.17. The van der Waals surface area contributed by atoms with Crippen molar-refractivity contribution in [2.24, 2.45) is 0 Å². The van der Waals surface area contributed by atoms with E-state index in [1.165, 1.54) is 0 Å². The maximum atomic E-state index is 11.9. The molecule has 19 heavy (non-hydrogen) atoms. The minimum absolute atomic E-state index is 0.0453. The number of nitrogens with one attached hydrogen (secondary N) is 2. The normalized spacial score (nSPS) is 18.8. The van der Waals surface area contributed by atoms with Crippen LogP contribution in [-0.2, 0) is 4.79 Å². The summed E-state index contributed by atoms with van der Waals surface area (Å²) < 4.78 is 0.899. The number of likely N-dealkylation sites (N-methyl/N-ethyl adjacent to an activating group) is 1. The van der Waals surface area contributed by atoms with Crippen molar-refractivity contribution >= 4 is 27.5 Å². The van der Waals surface area contributed by atoms with E-state index in [0.717, 1.165) is 16.7 Å². The molecule has 0 spiro atoms. The van der Waals surface area contributed by atoms with E-state index in [0.29, 0.717) is 18.7 Å². The summed E-state index contributed by atoms with van der Waals surface area (Å²) in [4.78, 5) is 13.9. The van der Waals surface area contributed by atoms with Crippen LogP contribution in [0.1, 0.15) is 5.56 Å². The quantitative estimate of drug-likeness (QED) is 0.847. The number of hydrogen-bond donors (Lipinski definition) is 2. The summed E-state index contributed by atoms with van der Waals surface area (Å²) >= 11 is 3.41. The maximum Gasteiger partial charge on any atom is 0.243 e. The predicted molar refractivity (Wildman–Crippen MR) is 76.9 cm³/mol. The highest BCUT2D eigenvalue weighted by atomic mass is 79.9. The van der Waals surface area contributed by atoms with Gasteiger partial charge in [0.25, 0.3) is 0 Å². The van der Waals surface area contributed by atoms with E-state index < -0.39 is 0 Å². The highest BCUT2D eigenvalue weighted by molar-refractivity contribution is 9.10. The van der Waals surface area contributed by atoms with Crippen molar-refractivity contribution < 1.29 is 4.79 Å². The van der Waals surface area contributed by atoms with Gasteiger partial charge in [0.1, 0.15) is 12.1 Å². The van der Waals surface area contributed by atoms with Crippen molar-refractivity contribution in [1.82, 2.24) is 10.6 Å². The fourth-order valence-electron chi connectivity index (χ4n) is 2.23. The first-order valence-corrected chi connectivity index (χ1v) is 6.85. The van der Waals surface area contributed by atoms with Crippen LogP contribution in [-0.4, -0.2) is 38.6 Å². The smallest absolute Gasteiger partial charge is 0.243 e. The molecule has 0 aromatic heterocycles. The fraction of sp³-hybridized carbons (Fsp3) is 0.385. The van der Waals surface area contributed by atoms with Gasteiger partial charge in [-0.3, -0.25) is 4.79 Å². The molecule has 2 N–H and O–H groups in total. The van der Waals surface area contributed by atoms with Crippen LogP contribution >= 0.6 is 15.9 Å². The van der Waals surface area contributed by atoms with Gasteiger partial charge in [-0.05, 0) is 18.2 Å². The number of amides is 1. The number of anilines is 1. The molecule has 100 valence electrons. The van der Waals surface area contributed by atoms with Crippen LogP contribution in [0.25, 0.3) is 0 Å². The van der Waals surface area contributed by atoms with Crippen LogP contribution in [0, 0.1) is 11.3 Å². The third kappa shape index (κ3) is 2.88. The van der Waals surface area contributed by atoms with Gasteiger partial charge in [-0.15, -0.1) is 0 Å². The van der Waals surface area contributed by atoms with Gasteiger partial charge < -0.3 is 15.5 Å². The molecule has 5 nitrogen and oxygen atoms in total. The number of benzene rings is 1. The van der Waals surface area contributed by atoms with Gasteiger partial charge in [-0.25, -0.2) is 0 Å². The molecule has 1 amide bonds. The van der Waals surface area contributed by atoms with Crippen LogP contribution in [0.5, 0.6) is 0 Å². The third-order valence-corrected chi connectivity index (χ3v) is 3.68. The number of rotatable bonds is 2. The summed E-state index contributed by atoms with van der Waals surface area (Å²) in [6.45, 7) is 2.07. The van der Waals surface area contributed by atoms with Crippen LogP contribution in [0.4, 0.5) is 5.69 Å². The molecule has 1 heterocycles. The topological polar surface area (TPSA) is 68.2 Å². The molecule has 1 aromatic carbocycles. The molecule has 1 aromatic rings. The Morgan fingerprint density at radius 2 is 2.42 bits per heavy atom. The molecule has 1 saturated heterocycles. The Morgan fingerprint density at radius 1 is 1.63 bits per heavy atom. The second-order valence-corrected chi connectivity index (χ2v) is 5.22. The van der Waals surface area contributed by atoms with Crippen LogP contribution < -0.4 is 15.5 Å². The number of piperazine rings is 1. The largest absolute Gasteiger partial charge is 0.357 e. The number of carbonyl (C=O) groups is 1. The van der Waals surface area contributed by atoms with Gasteiger partial charge >= 0.3 is 0 Å². The molecule has 0 saturated carbocycles. The Morgan fingerprint density at radius 3 is 3.11 bits per heavy atom. The molecule has 1 atom stereocenters. The summed E-state index contributed by atoms with van der Waals surface area (Å²) in [6.07, 6.45) is 0. The van der Waals surface area contributed by atoms with Crippen molar-refractivity contribution in [3.63, 3.8) is 0 Å². The first-order valence-electron chi connectivity index (χ1n) is 6.06. The minimum Gasteiger partial charge on any atom is -0.357 e. The monoisotopic (exact) mass is 322 g/mol. The van der Waals surface area contributed by atoms with Crippen molar-refractivity contribution in [2.75, 3.05) is 31.6 Å². The molecule has 1 fully saturated rings. The lowest BCUT2D eigenvalue weighted by atomic mass is 10.1. The molecular weight excluding hydrogens is 308 g/mol.